The van der Waals surface area contributed by atoms with E-state index >= 15 is 0 Å². The Morgan fingerprint density at radius 1 is 1.32 bits per heavy atom. The third-order valence-corrected chi connectivity index (χ3v) is 3.24. The Morgan fingerprint density at radius 3 is 2.68 bits per heavy atom. The number of aryl methyl sites for hydroxylation is 2. The number of nitrogens with zero attached hydrogens (tertiary/aromatic N) is 3. The monoisotopic (exact) mass is 260 g/mol. The summed E-state index contributed by atoms with van der Waals surface area (Å²) in [6.45, 7) is 2.95. The molecule has 0 bridgehead atoms. The van der Waals surface area contributed by atoms with Gasteiger partial charge in [0.05, 0.1) is 11.9 Å². The van der Waals surface area contributed by atoms with Crippen molar-refractivity contribution in [2.45, 2.75) is 32.4 Å². The van der Waals surface area contributed by atoms with E-state index in [2.05, 4.69) is 22.6 Å². The average Bonchev–Trinajstić information content (AvgIpc) is 2.81. The summed E-state index contributed by atoms with van der Waals surface area (Å²) in [5.74, 6) is 0.318. The first-order valence-corrected chi connectivity index (χ1v) is 6.50. The van der Waals surface area contributed by atoms with Crippen molar-refractivity contribution < 1.29 is 5.11 Å². The van der Waals surface area contributed by atoms with E-state index in [1.165, 1.54) is 5.56 Å². The molecule has 1 unspecified atom stereocenters. The summed E-state index contributed by atoms with van der Waals surface area (Å²) < 4.78 is 1.78. The van der Waals surface area contributed by atoms with Gasteiger partial charge in [0, 0.05) is 19.6 Å². The minimum atomic E-state index is 0.318. The highest BCUT2D eigenvalue weighted by Gasteiger charge is 2.05. The largest absolute Gasteiger partial charge is 0.508 e. The van der Waals surface area contributed by atoms with Crippen LogP contribution in [0.4, 0.5) is 0 Å². The van der Waals surface area contributed by atoms with Crippen molar-refractivity contribution in [3.63, 3.8) is 0 Å². The molecule has 0 amide bonds. The van der Waals surface area contributed by atoms with E-state index in [1.807, 2.05) is 19.2 Å². The van der Waals surface area contributed by atoms with Crippen molar-refractivity contribution in [2.75, 3.05) is 0 Å². The van der Waals surface area contributed by atoms with E-state index in [1.54, 1.807) is 23.0 Å². The number of hydrogen-bond acceptors (Lipinski definition) is 4. The topological polar surface area (TPSA) is 63.0 Å². The smallest absolute Gasteiger partial charge is 0.115 e. The second-order valence-electron chi connectivity index (χ2n) is 4.84. The van der Waals surface area contributed by atoms with Crippen molar-refractivity contribution in [1.82, 2.24) is 20.3 Å². The Bertz CT molecular complexity index is 506. The van der Waals surface area contributed by atoms with E-state index in [-0.39, 0.29) is 0 Å². The molecule has 102 valence electrons. The van der Waals surface area contributed by atoms with Crippen molar-refractivity contribution in [2.24, 2.45) is 7.05 Å². The van der Waals surface area contributed by atoms with Gasteiger partial charge in [-0.2, -0.15) is 0 Å². The number of benzene rings is 1. The second-order valence-corrected chi connectivity index (χ2v) is 4.84. The Hall–Kier alpha value is -1.88. The summed E-state index contributed by atoms with van der Waals surface area (Å²) in [6.07, 6.45) is 3.83. The van der Waals surface area contributed by atoms with E-state index in [0.717, 1.165) is 25.1 Å². The zero-order chi connectivity index (χ0) is 13.7. The lowest BCUT2D eigenvalue weighted by Crippen LogP contribution is -2.26. The molecule has 1 atom stereocenters. The van der Waals surface area contributed by atoms with E-state index in [0.29, 0.717) is 11.8 Å². The van der Waals surface area contributed by atoms with Crippen LogP contribution < -0.4 is 5.32 Å². The van der Waals surface area contributed by atoms with E-state index < -0.39 is 0 Å². The number of hydrogen-bond donors (Lipinski definition) is 2. The van der Waals surface area contributed by atoms with Gasteiger partial charge in [-0.15, -0.1) is 5.10 Å². The zero-order valence-corrected chi connectivity index (χ0v) is 11.4. The lowest BCUT2D eigenvalue weighted by molar-refractivity contribution is 0.474. The number of nitrogens with one attached hydrogen (secondary N) is 1. The fourth-order valence-electron chi connectivity index (χ4n) is 1.90. The quantitative estimate of drug-likeness (QED) is 0.828. The number of aromatic nitrogens is 3. The van der Waals surface area contributed by atoms with Gasteiger partial charge in [-0.25, -0.2) is 0 Å². The molecule has 0 fully saturated rings. The molecule has 1 aromatic carbocycles. The normalized spacial score (nSPS) is 12.5. The number of rotatable bonds is 6. The molecule has 0 saturated heterocycles. The minimum Gasteiger partial charge on any atom is -0.508 e. The van der Waals surface area contributed by atoms with Gasteiger partial charge in [0.15, 0.2) is 0 Å². The van der Waals surface area contributed by atoms with Gasteiger partial charge in [0.2, 0.25) is 0 Å². The second kappa shape index (κ2) is 6.33. The van der Waals surface area contributed by atoms with Crippen LogP contribution in [-0.4, -0.2) is 26.1 Å². The van der Waals surface area contributed by atoms with Crippen LogP contribution in [0.25, 0.3) is 0 Å². The van der Waals surface area contributed by atoms with Crippen LogP contribution in [0, 0.1) is 0 Å². The van der Waals surface area contributed by atoms with E-state index in [4.69, 9.17) is 0 Å². The molecule has 1 heterocycles. The van der Waals surface area contributed by atoms with Crippen molar-refractivity contribution in [1.29, 1.82) is 0 Å². The maximum atomic E-state index is 9.22. The molecule has 5 heteroatoms. The van der Waals surface area contributed by atoms with Crippen molar-refractivity contribution in [3.8, 4) is 5.75 Å². The molecular weight excluding hydrogens is 240 g/mol. The number of phenolic OH excluding ortho intramolecular Hbond substituents is 1. The van der Waals surface area contributed by atoms with E-state index in [9.17, 15) is 5.11 Å². The van der Waals surface area contributed by atoms with Gasteiger partial charge in [0.25, 0.3) is 0 Å². The summed E-state index contributed by atoms with van der Waals surface area (Å²) in [6, 6.07) is 7.81. The SMILES string of the molecule is CC(CCc1ccc(O)cc1)NCc1cnnn1C. The molecule has 19 heavy (non-hydrogen) atoms. The van der Waals surface area contributed by atoms with Crippen LogP contribution in [0.5, 0.6) is 5.75 Å². The van der Waals surface area contributed by atoms with Gasteiger partial charge < -0.3 is 10.4 Å². The first-order valence-electron chi connectivity index (χ1n) is 6.50. The third-order valence-electron chi connectivity index (χ3n) is 3.24. The molecule has 0 saturated carbocycles. The van der Waals surface area contributed by atoms with Crippen LogP contribution in [0.1, 0.15) is 24.6 Å². The summed E-state index contributed by atoms with van der Waals surface area (Å²) in [5, 5.41) is 20.4. The molecule has 5 nitrogen and oxygen atoms in total. The molecule has 0 radical (unpaired) electrons. The molecule has 2 aromatic rings. The fraction of sp³-hybridized carbons (Fsp3) is 0.429. The molecule has 0 aliphatic carbocycles. The molecular formula is C14H20N4O. The van der Waals surface area contributed by atoms with Gasteiger partial charge in [0.1, 0.15) is 5.75 Å². The van der Waals surface area contributed by atoms with Gasteiger partial charge in [-0.3, -0.25) is 4.68 Å². The van der Waals surface area contributed by atoms with Crippen LogP contribution in [-0.2, 0) is 20.0 Å². The zero-order valence-electron chi connectivity index (χ0n) is 11.4. The molecule has 1 aromatic heterocycles. The van der Waals surface area contributed by atoms with Gasteiger partial charge in [-0.05, 0) is 37.5 Å². The Kier molecular flexibility index (Phi) is 4.52. The first kappa shape index (κ1) is 13.5. The lowest BCUT2D eigenvalue weighted by Gasteiger charge is -2.13. The standard InChI is InChI=1S/C14H20N4O/c1-11(15-9-13-10-16-17-18(13)2)3-4-12-5-7-14(19)8-6-12/h5-8,10-11,15,19H,3-4,9H2,1-2H3. The van der Waals surface area contributed by atoms with Crippen LogP contribution in [0.15, 0.2) is 30.5 Å². The molecule has 0 spiro atoms. The Morgan fingerprint density at radius 2 is 2.05 bits per heavy atom. The van der Waals surface area contributed by atoms with Gasteiger partial charge in [-0.1, -0.05) is 17.3 Å². The maximum Gasteiger partial charge on any atom is 0.115 e. The first-order chi connectivity index (χ1) is 9.15. The maximum absolute atomic E-state index is 9.22. The van der Waals surface area contributed by atoms with Gasteiger partial charge >= 0.3 is 0 Å². The predicted molar refractivity (Wildman–Crippen MR) is 73.7 cm³/mol. The highest BCUT2D eigenvalue weighted by Crippen LogP contribution is 2.12. The van der Waals surface area contributed by atoms with Crippen LogP contribution in [0.3, 0.4) is 0 Å². The summed E-state index contributed by atoms with van der Waals surface area (Å²) >= 11 is 0. The Labute approximate surface area is 113 Å². The molecule has 2 N–H and O–H groups in total. The Balaban J connectivity index is 1.74. The molecule has 2 rings (SSSR count). The summed E-state index contributed by atoms with van der Waals surface area (Å²) in [7, 11) is 1.89. The summed E-state index contributed by atoms with van der Waals surface area (Å²) in [5.41, 5.74) is 2.32. The number of aromatic hydroxyl groups is 1. The lowest BCUT2D eigenvalue weighted by atomic mass is 10.1. The van der Waals surface area contributed by atoms with Crippen LogP contribution in [0.2, 0.25) is 0 Å². The highest BCUT2D eigenvalue weighted by molar-refractivity contribution is 5.25. The summed E-state index contributed by atoms with van der Waals surface area (Å²) in [4.78, 5) is 0. The minimum absolute atomic E-state index is 0.318. The number of phenols is 1. The van der Waals surface area contributed by atoms with Crippen molar-refractivity contribution >= 4 is 0 Å². The third kappa shape index (κ3) is 4.06. The van der Waals surface area contributed by atoms with Crippen molar-refractivity contribution in [3.05, 3.63) is 41.7 Å². The van der Waals surface area contributed by atoms with Crippen LogP contribution >= 0.6 is 0 Å². The highest BCUT2D eigenvalue weighted by atomic mass is 16.3. The predicted octanol–water partition coefficient (Wildman–Crippen LogP) is 1.63. The molecule has 0 aliphatic heterocycles. The fourth-order valence-corrected chi connectivity index (χ4v) is 1.90. The molecule has 0 aliphatic rings. The average molecular weight is 260 g/mol.